The molecule has 0 bridgehead atoms. The Morgan fingerprint density at radius 3 is 2.67 bits per heavy atom. The molecule has 2 aliphatic rings. The third-order valence-electron chi connectivity index (χ3n) is 3.21. The molecule has 0 aromatic heterocycles. The Balaban J connectivity index is 1.96. The maximum atomic E-state index is 11.8. The van der Waals surface area contributed by atoms with Gasteiger partial charge in [-0.3, -0.25) is 0 Å². The number of carboxylic acid groups (broad SMARTS) is 1. The van der Waals surface area contributed by atoms with E-state index in [1.807, 2.05) is 6.92 Å². The van der Waals surface area contributed by atoms with Crippen molar-refractivity contribution in [3.05, 3.63) is 0 Å². The van der Waals surface area contributed by atoms with Gasteiger partial charge in [-0.15, -0.1) is 0 Å². The van der Waals surface area contributed by atoms with Gasteiger partial charge in [0.2, 0.25) is 0 Å². The highest BCUT2D eigenvalue weighted by atomic mass is 16.4. The molecule has 0 aromatic rings. The summed E-state index contributed by atoms with van der Waals surface area (Å²) in [5.41, 5.74) is -0.0806. The van der Waals surface area contributed by atoms with Crippen molar-refractivity contribution in [3.8, 4) is 0 Å². The first-order chi connectivity index (χ1) is 7.02. The maximum absolute atomic E-state index is 11.8. The molecule has 84 valence electrons. The highest BCUT2D eigenvalue weighted by Gasteiger charge is 2.42. The lowest BCUT2D eigenvalue weighted by molar-refractivity contribution is -0.141. The Hall–Kier alpha value is -1.26. The number of nitrogens with one attached hydrogen (secondary N) is 1. The molecule has 0 aromatic carbocycles. The number of amides is 2. The summed E-state index contributed by atoms with van der Waals surface area (Å²) in [5.74, 6) is -0.899. The van der Waals surface area contributed by atoms with E-state index in [0.29, 0.717) is 13.0 Å². The minimum absolute atomic E-state index is 0.0806. The summed E-state index contributed by atoms with van der Waals surface area (Å²) in [6.07, 6.45) is 3.33. The molecule has 5 heteroatoms. The van der Waals surface area contributed by atoms with Gasteiger partial charge in [-0.25, -0.2) is 9.59 Å². The fourth-order valence-electron chi connectivity index (χ4n) is 1.91. The first-order valence-electron chi connectivity index (χ1n) is 5.33. The Kier molecular flexibility index (Phi) is 2.32. The second-order valence-electron chi connectivity index (χ2n) is 4.68. The summed E-state index contributed by atoms with van der Waals surface area (Å²) in [6, 6.07) is -0.854. The standard InChI is InChI=1S/C10H16N2O3/c1-10(4-5-10)11-9(15)12-6-2-3-7(12)8(13)14/h7H,2-6H2,1H3,(H,11,15)(H,13,14)/t7-/m1/s1. The fourth-order valence-corrected chi connectivity index (χ4v) is 1.91. The second-order valence-corrected chi connectivity index (χ2v) is 4.68. The number of likely N-dealkylation sites (tertiary alicyclic amines) is 1. The number of carboxylic acids is 1. The van der Waals surface area contributed by atoms with Gasteiger partial charge in [-0.05, 0) is 32.6 Å². The SMILES string of the molecule is CC1(NC(=O)N2CCC[C@@H]2C(=O)O)CC1. The van der Waals surface area contributed by atoms with Crippen LogP contribution in [0.15, 0.2) is 0 Å². The lowest BCUT2D eigenvalue weighted by atomic mass is 10.2. The van der Waals surface area contributed by atoms with Crippen LogP contribution in [-0.2, 0) is 4.79 Å². The van der Waals surface area contributed by atoms with Gasteiger partial charge in [0.25, 0.3) is 0 Å². The molecule has 1 atom stereocenters. The highest BCUT2D eigenvalue weighted by molar-refractivity contribution is 5.83. The number of urea groups is 1. The third kappa shape index (κ3) is 2.06. The van der Waals surface area contributed by atoms with Gasteiger partial charge in [0.15, 0.2) is 0 Å². The van der Waals surface area contributed by atoms with Crippen LogP contribution in [0.5, 0.6) is 0 Å². The van der Waals surface area contributed by atoms with Crippen molar-refractivity contribution >= 4 is 12.0 Å². The minimum Gasteiger partial charge on any atom is -0.480 e. The second kappa shape index (κ2) is 3.40. The molecule has 1 saturated heterocycles. The number of rotatable bonds is 2. The molecule has 2 fully saturated rings. The maximum Gasteiger partial charge on any atom is 0.326 e. The molecule has 2 N–H and O–H groups in total. The lowest BCUT2D eigenvalue weighted by Crippen LogP contribution is -2.49. The normalized spacial score (nSPS) is 27.5. The predicted octanol–water partition coefficient (Wildman–Crippen LogP) is 0.797. The zero-order valence-electron chi connectivity index (χ0n) is 8.82. The summed E-state index contributed by atoms with van der Waals surface area (Å²) >= 11 is 0. The van der Waals surface area contributed by atoms with Gasteiger partial charge in [0, 0.05) is 12.1 Å². The average molecular weight is 212 g/mol. The van der Waals surface area contributed by atoms with Crippen molar-refractivity contribution < 1.29 is 14.7 Å². The zero-order chi connectivity index (χ0) is 11.1. The van der Waals surface area contributed by atoms with E-state index in [1.165, 1.54) is 4.90 Å². The molecule has 0 spiro atoms. The van der Waals surface area contributed by atoms with Crippen molar-refractivity contribution in [3.63, 3.8) is 0 Å². The largest absolute Gasteiger partial charge is 0.480 e. The third-order valence-corrected chi connectivity index (χ3v) is 3.21. The summed E-state index contributed by atoms with van der Waals surface area (Å²) < 4.78 is 0. The summed E-state index contributed by atoms with van der Waals surface area (Å²) in [5, 5.41) is 11.8. The van der Waals surface area contributed by atoms with E-state index < -0.39 is 12.0 Å². The van der Waals surface area contributed by atoms with E-state index >= 15 is 0 Å². The van der Waals surface area contributed by atoms with E-state index in [-0.39, 0.29) is 11.6 Å². The minimum atomic E-state index is -0.899. The number of hydrogen-bond donors (Lipinski definition) is 2. The Morgan fingerprint density at radius 2 is 2.13 bits per heavy atom. The summed E-state index contributed by atoms with van der Waals surface area (Å²) in [7, 11) is 0. The molecule has 1 saturated carbocycles. The van der Waals surface area contributed by atoms with Gasteiger partial charge >= 0.3 is 12.0 Å². The summed E-state index contributed by atoms with van der Waals surface area (Å²) in [6.45, 7) is 2.54. The van der Waals surface area contributed by atoms with Crippen LogP contribution in [0.25, 0.3) is 0 Å². The van der Waals surface area contributed by atoms with Crippen molar-refractivity contribution in [2.75, 3.05) is 6.54 Å². The Bertz CT molecular complexity index is 299. The molecule has 2 amide bonds. The van der Waals surface area contributed by atoms with E-state index in [0.717, 1.165) is 19.3 Å². The molecule has 0 radical (unpaired) electrons. The Labute approximate surface area is 88.4 Å². The molecule has 1 aliphatic carbocycles. The first kappa shape index (κ1) is 10.3. The molecular weight excluding hydrogens is 196 g/mol. The number of aliphatic carboxylic acids is 1. The van der Waals surface area contributed by atoms with Gasteiger partial charge in [-0.1, -0.05) is 0 Å². The monoisotopic (exact) mass is 212 g/mol. The Morgan fingerprint density at radius 1 is 1.47 bits per heavy atom. The molecule has 1 aliphatic heterocycles. The van der Waals surface area contributed by atoms with Crippen LogP contribution in [0.4, 0.5) is 4.79 Å². The van der Waals surface area contributed by atoms with Gasteiger partial charge in [0.05, 0.1) is 0 Å². The smallest absolute Gasteiger partial charge is 0.326 e. The number of carbonyl (C=O) groups excluding carboxylic acids is 1. The van der Waals surface area contributed by atoms with Crippen molar-refractivity contribution in [1.82, 2.24) is 10.2 Å². The van der Waals surface area contributed by atoms with Gasteiger partial charge < -0.3 is 15.3 Å². The predicted molar refractivity (Wildman–Crippen MR) is 53.5 cm³/mol. The van der Waals surface area contributed by atoms with Crippen molar-refractivity contribution in [2.24, 2.45) is 0 Å². The van der Waals surface area contributed by atoms with E-state index in [1.54, 1.807) is 0 Å². The summed E-state index contributed by atoms with van der Waals surface area (Å²) in [4.78, 5) is 24.1. The molecule has 5 nitrogen and oxygen atoms in total. The van der Waals surface area contributed by atoms with E-state index in [9.17, 15) is 9.59 Å². The molecular formula is C10H16N2O3. The van der Waals surface area contributed by atoms with Gasteiger partial charge in [-0.2, -0.15) is 0 Å². The van der Waals surface area contributed by atoms with Gasteiger partial charge in [0.1, 0.15) is 6.04 Å². The van der Waals surface area contributed by atoms with Crippen LogP contribution in [0.3, 0.4) is 0 Å². The van der Waals surface area contributed by atoms with E-state index in [2.05, 4.69) is 5.32 Å². The fraction of sp³-hybridized carbons (Fsp3) is 0.800. The highest BCUT2D eigenvalue weighted by Crippen LogP contribution is 2.34. The quantitative estimate of drug-likeness (QED) is 0.711. The first-order valence-corrected chi connectivity index (χ1v) is 5.33. The number of nitrogens with zero attached hydrogens (tertiary/aromatic N) is 1. The van der Waals surface area contributed by atoms with Crippen LogP contribution in [-0.4, -0.2) is 40.1 Å². The molecule has 0 unspecified atom stereocenters. The number of carbonyl (C=O) groups is 2. The molecule has 1 heterocycles. The van der Waals surface area contributed by atoms with Crippen LogP contribution in [0.2, 0.25) is 0 Å². The lowest BCUT2D eigenvalue weighted by Gasteiger charge is -2.24. The zero-order valence-corrected chi connectivity index (χ0v) is 8.82. The van der Waals surface area contributed by atoms with Crippen LogP contribution >= 0.6 is 0 Å². The molecule has 2 rings (SSSR count). The van der Waals surface area contributed by atoms with Crippen molar-refractivity contribution in [2.45, 2.75) is 44.2 Å². The number of hydrogen-bond acceptors (Lipinski definition) is 2. The van der Waals surface area contributed by atoms with Crippen molar-refractivity contribution in [1.29, 1.82) is 0 Å². The average Bonchev–Trinajstić information content (AvgIpc) is 2.70. The molecule has 15 heavy (non-hydrogen) atoms. The van der Waals surface area contributed by atoms with Crippen LogP contribution in [0, 0.1) is 0 Å². The van der Waals surface area contributed by atoms with E-state index in [4.69, 9.17) is 5.11 Å². The topological polar surface area (TPSA) is 69.6 Å². The van der Waals surface area contributed by atoms with Crippen LogP contribution < -0.4 is 5.32 Å². The van der Waals surface area contributed by atoms with Crippen LogP contribution in [0.1, 0.15) is 32.6 Å².